The van der Waals surface area contributed by atoms with Crippen LogP contribution in [0.2, 0.25) is 0 Å². The molecule has 0 amide bonds. The second kappa shape index (κ2) is 3.96. The van der Waals surface area contributed by atoms with Crippen molar-refractivity contribution in [1.82, 2.24) is 0 Å². The summed E-state index contributed by atoms with van der Waals surface area (Å²) in [4.78, 5) is 12.1. The Hall–Kier alpha value is -1.26. The molecular formula is C12H14FNO2. The van der Waals surface area contributed by atoms with Crippen LogP contribution in [0.4, 0.5) is 4.39 Å². The van der Waals surface area contributed by atoms with E-state index in [1.807, 2.05) is 0 Å². The van der Waals surface area contributed by atoms with Gasteiger partial charge in [0.05, 0.1) is 6.61 Å². The fraction of sp³-hybridized carbons (Fsp3) is 0.417. The fourth-order valence-corrected chi connectivity index (χ4v) is 1.91. The molecule has 86 valence electrons. The highest BCUT2D eigenvalue weighted by molar-refractivity contribution is 6.03. The highest BCUT2D eigenvalue weighted by Gasteiger charge is 2.38. The highest BCUT2D eigenvalue weighted by Crippen LogP contribution is 2.22. The van der Waals surface area contributed by atoms with Gasteiger partial charge in [-0.25, -0.2) is 4.39 Å². The average Bonchev–Trinajstić information content (AvgIpc) is 2.64. The van der Waals surface area contributed by atoms with E-state index in [1.165, 1.54) is 12.1 Å². The second-order valence-corrected chi connectivity index (χ2v) is 4.31. The van der Waals surface area contributed by atoms with Crippen molar-refractivity contribution >= 4 is 5.78 Å². The minimum absolute atomic E-state index is 0.210. The Labute approximate surface area is 93.4 Å². The summed E-state index contributed by atoms with van der Waals surface area (Å²) in [6, 6.07) is 4.26. The number of halogens is 1. The molecule has 0 aliphatic carbocycles. The predicted octanol–water partition coefficient (Wildman–Crippen LogP) is 1.43. The van der Waals surface area contributed by atoms with E-state index in [1.54, 1.807) is 13.0 Å². The first-order chi connectivity index (χ1) is 7.51. The average molecular weight is 223 g/mol. The minimum Gasteiger partial charge on any atom is -0.379 e. The molecule has 1 atom stereocenters. The number of benzene rings is 1. The van der Waals surface area contributed by atoms with Crippen molar-refractivity contribution in [2.45, 2.75) is 18.9 Å². The maximum absolute atomic E-state index is 13.2. The summed E-state index contributed by atoms with van der Waals surface area (Å²) in [7, 11) is 0. The van der Waals surface area contributed by atoms with Crippen LogP contribution in [0.3, 0.4) is 0 Å². The number of ether oxygens (including phenoxy) is 1. The van der Waals surface area contributed by atoms with E-state index >= 15 is 0 Å². The van der Waals surface area contributed by atoms with Crippen LogP contribution in [-0.4, -0.2) is 24.5 Å². The van der Waals surface area contributed by atoms with Gasteiger partial charge in [-0.1, -0.05) is 0 Å². The maximum Gasteiger partial charge on any atom is 0.185 e. The lowest BCUT2D eigenvalue weighted by atomic mass is 9.89. The molecule has 1 aromatic carbocycles. The van der Waals surface area contributed by atoms with Crippen molar-refractivity contribution in [3.63, 3.8) is 0 Å². The third-order valence-electron chi connectivity index (χ3n) is 2.81. The molecule has 0 spiro atoms. The number of rotatable bonds is 2. The van der Waals surface area contributed by atoms with Crippen LogP contribution < -0.4 is 5.73 Å². The quantitative estimate of drug-likeness (QED) is 0.772. The van der Waals surface area contributed by atoms with Crippen molar-refractivity contribution < 1.29 is 13.9 Å². The van der Waals surface area contributed by atoms with Gasteiger partial charge >= 0.3 is 0 Å². The van der Waals surface area contributed by atoms with Crippen molar-refractivity contribution in [3.8, 4) is 0 Å². The zero-order valence-electron chi connectivity index (χ0n) is 9.13. The smallest absolute Gasteiger partial charge is 0.185 e. The number of Topliss-reactive ketones (excluding diaryl/α,β-unsaturated/α-hetero) is 1. The molecular weight excluding hydrogens is 209 g/mol. The summed E-state index contributed by atoms with van der Waals surface area (Å²) in [5.41, 5.74) is 5.99. The third-order valence-corrected chi connectivity index (χ3v) is 2.81. The molecule has 1 aliphatic heterocycles. The molecule has 1 aliphatic rings. The number of carbonyl (C=O) groups excluding carboxylic acids is 1. The summed E-state index contributed by atoms with van der Waals surface area (Å²) in [6.45, 7) is 2.44. The van der Waals surface area contributed by atoms with Crippen LogP contribution in [0.15, 0.2) is 18.2 Å². The maximum atomic E-state index is 13.2. The highest BCUT2D eigenvalue weighted by atomic mass is 19.1. The van der Waals surface area contributed by atoms with Gasteiger partial charge in [0, 0.05) is 12.2 Å². The Morgan fingerprint density at radius 2 is 2.25 bits per heavy atom. The lowest BCUT2D eigenvalue weighted by molar-refractivity contribution is 0.0862. The third kappa shape index (κ3) is 1.99. The normalized spacial score (nSPS) is 24.7. The Kier molecular flexibility index (Phi) is 2.78. The van der Waals surface area contributed by atoms with Gasteiger partial charge in [0.1, 0.15) is 11.4 Å². The SMILES string of the molecule is Cc1cc(F)cc(C(=O)C2(N)CCOC2)c1. The lowest BCUT2D eigenvalue weighted by Gasteiger charge is -2.20. The molecule has 1 heterocycles. The minimum atomic E-state index is -0.986. The van der Waals surface area contributed by atoms with Crippen molar-refractivity contribution in [1.29, 1.82) is 0 Å². The van der Waals surface area contributed by atoms with E-state index in [0.717, 1.165) is 0 Å². The number of aryl methyl sites for hydroxylation is 1. The standard InChI is InChI=1S/C12H14FNO2/c1-8-4-9(6-10(13)5-8)11(15)12(14)2-3-16-7-12/h4-6H,2-3,7,14H2,1H3. The van der Waals surface area contributed by atoms with Crippen LogP contribution in [0.5, 0.6) is 0 Å². The predicted molar refractivity (Wildman–Crippen MR) is 57.8 cm³/mol. The molecule has 1 unspecified atom stereocenters. The molecule has 2 N–H and O–H groups in total. The van der Waals surface area contributed by atoms with Crippen molar-refractivity contribution in [3.05, 3.63) is 35.1 Å². The van der Waals surface area contributed by atoms with Crippen LogP contribution in [0, 0.1) is 12.7 Å². The Balaban J connectivity index is 2.33. The van der Waals surface area contributed by atoms with Gasteiger partial charge < -0.3 is 10.5 Å². The van der Waals surface area contributed by atoms with Gasteiger partial charge in [-0.15, -0.1) is 0 Å². The van der Waals surface area contributed by atoms with E-state index in [4.69, 9.17) is 10.5 Å². The molecule has 0 radical (unpaired) electrons. The van der Waals surface area contributed by atoms with Crippen LogP contribution >= 0.6 is 0 Å². The Bertz CT molecular complexity index is 405. The van der Waals surface area contributed by atoms with E-state index in [-0.39, 0.29) is 12.4 Å². The van der Waals surface area contributed by atoms with Gasteiger partial charge in [0.2, 0.25) is 0 Å². The molecule has 2 rings (SSSR count). The summed E-state index contributed by atoms with van der Waals surface area (Å²) in [5.74, 6) is -0.654. The van der Waals surface area contributed by atoms with E-state index < -0.39 is 11.4 Å². The first kappa shape index (κ1) is 11.2. The fourth-order valence-electron chi connectivity index (χ4n) is 1.91. The van der Waals surface area contributed by atoms with E-state index in [2.05, 4.69) is 0 Å². The first-order valence-electron chi connectivity index (χ1n) is 5.20. The molecule has 1 aromatic rings. The van der Waals surface area contributed by atoms with Crippen molar-refractivity contribution in [2.75, 3.05) is 13.2 Å². The monoisotopic (exact) mass is 223 g/mol. The van der Waals surface area contributed by atoms with Gasteiger partial charge in [0.15, 0.2) is 5.78 Å². The molecule has 3 nitrogen and oxygen atoms in total. The number of hydrogen-bond acceptors (Lipinski definition) is 3. The molecule has 0 bridgehead atoms. The topological polar surface area (TPSA) is 52.3 Å². The molecule has 4 heteroatoms. The Morgan fingerprint density at radius 3 is 2.81 bits per heavy atom. The van der Waals surface area contributed by atoms with Gasteiger partial charge in [0.25, 0.3) is 0 Å². The number of nitrogens with two attached hydrogens (primary N) is 1. The number of hydrogen-bond donors (Lipinski definition) is 1. The lowest BCUT2D eigenvalue weighted by Crippen LogP contribution is -2.48. The van der Waals surface area contributed by atoms with E-state index in [0.29, 0.717) is 24.2 Å². The van der Waals surface area contributed by atoms with Crippen molar-refractivity contribution in [2.24, 2.45) is 5.73 Å². The molecule has 0 saturated carbocycles. The summed E-state index contributed by atoms with van der Waals surface area (Å²) < 4.78 is 18.3. The zero-order valence-corrected chi connectivity index (χ0v) is 9.13. The molecule has 16 heavy (non-hydrogen) atoms. The molecule has 1 saturated heterocycles. The molecule has 0 aromatic heterocycles. The first-order valence-corrected chi connectivity index (χ1v) is 5.20. The van der Waals surface area contributed by atoms with Gasteiger partial charge in [-0.2, -0.15) is 0 Å². The van der Waals surface area contributed by atoms with Crippen LogP contribution in [0.25, 0.3) is 0 Å². The van der Waals surface area contributed by atoms with E-state index in [9.17, 15) is 9.18 Å². The summed E-state index contributed by atoms with van der Waals surface area (Å²) >= 11 is 0. The van der Waals surface area contributed by atoms with Gasteiger partial charge in [-0.3, -0.25) is 4.79 Å². The summed E-state index contributed by atoms with van der Waals surface area (Å²) in [5, 5.41) is 0. The largest absolute Gasteiger partial charge is 0.379 e. The zero-order chi connectivity index (χ0) is 11.8. The Morgan fingerprint density at radius 1 is 1.50 bits per heavy atom. The number of carbonyl (C=O) groups is 1. The van der Waals surface area contributed by atoms with Gasteiger partial charge in [-0.05, 0) is 37.1 Å². The number of ketones is 1. The second-order valence-electron chi connectivity index (χ2n) is 4.31. The van der Waals surface area contributed by atoms with Crippen LogP contribution in [0.1, 0.15) is 22.3 Å². The van der Waals surface area contributed by atoms with Crippen LogP contribution in [-0.2, 0) is 4.74 Å². The summed E-state index contributed by atoms with van der Waals surface area (Å²) in [6.07, 6.45) is 0.487. The molecule has 1 fully saturated rings.